The van der Waals surface area contributed by atoms with Crippen molar-refractivity contribution in [2.24, 2.45) is 0 Å². The van der Waals surface area contributed by atoms with Gasteiger partial charge in [-0.15, -0.1) is 0 Å². The summed E-state index contributed by atoms with van der Waals surface area (Å²) in [7, 11) is 0. The van der Waals surface area contributed by atoms with Crippen molar-refractivity contribution < 1.29 is 28.6 Å². The highest BCUT2D eigenvalue weighted by Crippen LogP contribution is 2.29. The molecule has 0 aliphatic rings. The van der Waals surface area contributed by atoms with E-state index < -0.39 is 35.8 Å². The first-order chi connectivity index (χ1) is 17.3. The zero-order valence-corrected chi connectivity index (χ0v) is 19.9. The molecule has 9 heteroatoms. The van der Waals surface area contributed by atoms with E-state index in [1.165, 1.54) is 18.2 Å². The van der Waals surface area contributed by atoms with Crippen molar-refractivity contribution in [3.05, 3.63) is 95.8 Å². The maximum absolute atomic E-state index is 14.2. The van der Waals surface area contributed by atoms with Crippen LogP contribution in [0.25, 0.3) is 0 Å². The molecule has 5 N–H and O–H groups in total. The number of anilines is 3. The predicted molar refractivity (Wildman–Crippen MR) is 136 cm³/mol. The van der Waals surface area contributed by atoms with E-state index in [1.807, 2.05) is 19.1 Å². The normalized spacial score (nSPS) is 12.6. The third kappa shape index (κ3) is 7.31. The molecule has 0 saturated carbocycles. The summed E-state index contributed by atoms with van der Waals surface area (Å²) in [6, 6.07) is 17.5. The van der Waals surface area contributed by atoms with Gasteiger partial charge in [-0.05, 0) is 61.9 Å². The molecule has 0 aromatic heterocycles. The number of benzene rings is 3. The Morgan fingerprint density at radius 1 is 1.08 bits per heavy atom. The van der Waals surface area contributed by atoms with Gasteiger partial charge >= 0.3 is 6.09 Å². The number of hydrogen-bond acceptors (Lipinski definition) is 6. The minimum Gasteiger partial charge on any atom is -0.505 e. The standard InChI is InChI=1S/C27H28FN3O5/c1-3-35-24(14-15-25(33)31-22-7-5-4-6-21(22)29)26(18-10-13-23(32)20(28)16-18)36-27(34)30-19-11-8-17(2)9-12-19/h4-16,24,26,32H,3,29H2,1-2H3,(H,30,34)(H,31,33)/b15-14+/t24-,26-/m1/s1. The summed E-state index contributed by atoms with van der Waals surface area (Å²) < 4.78 is 25.5. The van der Waals surface area contributed by atoms with Crippen LogP contribution in [0, 0.1) is 12.7 Å². The van der Waals surface area contributed by atoms with Crippen LogP contribution in [0.3, 0.4) is 0 Å². The number of para-hydroxylation sites is 2. The van der Waals surface area contributed by atoms with Crippen LogP contribution in [-0.4, -0.2) is 29.8 Å². The van der Waals surface area contributed by atoms with Gasteiger partial charge in [-0.25, -0.2) is 9.18 Å². The molecular weight excluding hydrogens is 465 g/mol. The van der Waals surface area contributed by atoms with Gasteiger partial charge in [-0.1, -0.05) is 35.9 Å². The van der Waals surface area contributed by atoms with E-state index in [-0.39, 0.29) is 12.2 Å². The van der Waals surface area contributed by atoms with Crippen molar-refractivity contribution in [1.82, 2.24) is 0 Å². The fourth-order valence-corrected chi connectivity index (χ4v) is 3.33. The summed E-state index contributed by atoms with van der Waals surface area (Å²) in [6.45, 7) is 3.85. The van der Waals surface area contributed by atoms with E-state index in [1.54, 1.807) is 43.3 Å². The lowest BCUT2D eigenvalue weighted by atomic mass is 10.0. The summed E-state index contributed by atoms with van der Waals surface area (Å²) in [4.78, 5) is 25.2. The maximum Gasteiger partial charge on any atom is 0.412 e. The van der Waals surface area contributed by atoms with Crippen LogP contribution in [0.2, 0.25) is 0 Å². The molecule has 3 aromatic rings. The molecule has 3 rings (SSSR count). The lowest BCUT2D eigenvalue weighted by Gasteiger charge is -2.25. The number of rotatable bonds is 9. The van der Waals surface area contributed by atoms with Crippen molar-refractivity contribution >= 4 is 29.1 Å². The second-order valence-electron chi connectivity index (χ2n) is 7.88. The smallest absolute Gasteiger partial charge is 0.412 e. The maximum atomic E-state index is 14.2. The Morgan fingerprint density at radius 3 is 2.47 bits per heavy atom. The van der Waals surface area contributed by atoms with Crippen LogP contribution in [0.15, 0.2) is 78.9 Å². The average molecular weight is 494 g/mol. The number of phenols is 1. The minimum atomic E-state index is -1.14. The lowest BCUT2D eigenvalue weighted by Crippen LogP contribution is -2.28. The first kappa shape index (κ1) is 26.2. The van der Waals surface area contributed by atoms with Crippen LogP contribution in [0.4, 0.5) is 26.2 Å². The van der Waals surface area contributed by atoms with Crippen LogP contribution < -0.4 is 16.4 Å². The lowest BCUT2D eigenvalue weighted by molar-refractivity contribution is -0.112. The van der Waals surface area contributed by atoms with Gasteiger partial charge in [-0.2, -0.15) is 0 Å². The van der Waals surface area contributed by atoms with E-state index >= 15 is 0 Å². The van der Waals surface area contributed by atoms with Crippen LogP contribution in [0.5, 0.6) is 5.75 Å². The number of nitrogen functional groups attached to an aromatic ring is 1. The molecule has 0 saturated heterocycles. The fraction of sp³-hybridized carbons (Fsp3) is 0.185. The molecule has 0 spiro atoms. The minimum absolute atomic E-state index is 0.211. The van der Waals surface area contributed by atoms with Crippen LogP contribution in [0.1, 0.15) is 24.2 Å². The quantitative estimate of drug-likeness (QED) is 0.237. The van der Waals surface area contributed by atoms with Gasteiger partial charge in [0.25, 0.3) is 0 Å². The number of hydrogen-bond donors (Lipinski definition) is 4. The molecule has 36 heavy (non-hydrogen) atoms. The highest BCUT2D eigenvalue weighted by molar-refractivity contribution is 6.01. The van der Waals surface area contributed by atoms with Gasteiger partial charge in [0.15, 0.2) is 17.7 Å². The molecule has 8 nitrogen and oxygen atoms in total. The van der Waals surface area contributed by atoms with Crippen molar-refractivity contribution in [1.29, 1.82) is 0 Å². The summed E-state index contributed by atoms with van der Waals surface area (Å²) in [5.41, 5.74) is 8.44. The highest BCUT2D eigenvalue weighted by Gasteiger charge is 2.27. The Kier molecular flexibility index (Phi) is 9.01. The molecule has 2 amide bonds. The van der Waals surface area contributed by atoms with Crippen molar-refractivity contribution in [2.45, 2.75) is 26.1 Å². The number of nitrogens with one attached hydrogen (secondary N) is 2. The number of phenolic OH excluding ortho intramolecular Hbond substituents is 1. The number of amides is 2. The van der Waals surface area contributed by atoms with E-state index in [9.17, 15) is 19.1 Å². The molecule has 188 valence electrons. The predicted octanol–water partition coefficient (Wildman–Crippen LogP) is 5.31. The van der Waals surface area contributed by atoms with E-state index in [0.29, 0.717) is 17.1 Å². The molecule has 2 atom stereocenters. The average Bonchev–Trinajstić information content (AvgIpc) is 2.85. The number of nitrogens with two attached hydrogens (primary N) is 1. The molecule has 0 heterocycles. The van der Waals surface area contributed by atoms with Gasteiger partial charge in [0.05, 0.1) is 11.4 Å². The van der Waals surface area contributed by atoms with Crippen LogP contribution >= 0.6 is 0 Å². The van der Waals surface area contributed by atoms with Crippen molar-refractivity contribution in [3.63, 3.8) is 0 Å². The molecule has 0 fully saturated rings. The van der Waals surface area contributed by atoms with Gasteiger partial charge in [0.2, 0.25) is 5.91 Å². The van der Waals surface area contributed by atoms with Crippen molar-refractivity contribution in [2.75, 3.05) is 23.0 Å². The van der Waals surface area contributed by atoms with Gasteiger partial charge in [-0.3, -0.25) is 10.1 Å². The Hall–Kier alpha value is -4.37. The monoisotopic (exact) mass is 493 g/mol. The van der Waals surface area contributed by atoms with E-state index in [0.717, 1.165) is 17.7 Å². The Morgan fingerprint density at radius 2 is 1.81 bits per heavy atom. The largest absolute Gasteiger partial charge is 0.505 e. The molecule has 0 unspecified atom stereocenters. The van der Waals surface area contributed by atoms with E-state index in [4.69, 9.17) is 15.2 Å². The summed E-state index contributed by atoms with van der Waals surface area (Å²) >= 11 is 0. The first-order valence-electron chi connectivity index (χ1n) is 11.2. The summed E-state index contributed by atoms with van der Waals surface area (Å²) in [5.74, 6) is -1.93. The topological polar surface area (TPSA) is 123 Å². The molecule has 0 aliphatic carbocycles. The Bertz CT molecular complexity index is 1230. The molecule has 3 aromatic carbocycles. The third-order valence-corrected chi connectivity index (χ3v) is 5.15. The Balaban J connectivity index is 1.84. The highest BCUT2D eigenvalue weighted by atomic mass is 19.1. The van der Waals surface area contributed by atoms with Gasteiger partial charge in [0.1, 0.15) is 6.10 Å². The fourth-order valence-electron chi connectivity index (χ4n) is 3.33. The SMILES string of the molecule is CCO[C@H](/C=C/C(=O)Nc1ccccc1N)[C@H](OC(=O)Nc1ccc(C)cc1)c1ccc(O)c(F)c1. The first-order valence-corrected chi connectivity index (χ1v) is 11.2. The van der Waals surface area contributed by atoms with E-state index in [2.05, 4.69) is 10.6 Å². The third-order valence-electron chi connectivity index (χ3n) is 5.15. The second-order valence-corrected chi connectivity index (χ2v) is 7.88. The number of carbonyl (C=O) groups excluding carboxylic acids is 2. The number of aryl methyl sites for hydroxylation is 1. The summed E-state index contributed by atoms with van der Waals surface area (Å²) in [6.07, 6.45) is -0.278. The van der Waals surface area contributed by atoms with Gasteiger partial charge < -0.3 is 25.6 Å². The molecular formula is C27H28FN3O5. The summed E-state index contributed by atoms with van der Waals surface area (Å²) in [5, 5.41) is 14.9. The van der Waals surface area contributed by atoms with Crippen LogP contribution in [-0.2, 0) is 14.3 Å². The molecule has 0 aliphatic heterocycles. The number of ether oxygens (including phenoxy) is 2. The molecule has 0 radical (unpaired) electrons. The second kappa shape index (κ2) is 12.4. The Labute approximate surface area is 208 Å². The number of halogens is 1. The number of carbonyl (C=O) groups is 2. The van der Waals surface area contributed by atoms with Gasteiger partial charge in [0, 0.05) is 18.4 Å². The van der Waals surface area contributed by atoms with Crippen molar-refractivity contribution in [3.8, 4) is 5.75 Å². The number of aromatic hydroxyl groups is 1. The molecule has 0 bridgehead atoms. The zero-order valence-electron chi connectivity index (χ0n) is 19.9. The zero-order chi connectivity index (χ0) is 26.1.